The number of aliphatic hydroxyl groups is 3. The van der Waals surface area contributed by atoms with E-state index in [9.17, 15) is 24.9 Å². The van der Waals surface area contributed by atoms with Gasteiger partial charge in [0.25, 0.3) is 5.91 Å². The van der Waals surface area contributed by atoms with E-state index < -0.39 is 49.3 Å². The summed E-state index contributed by atoms with van der Waals surface area (Å²) in [6, 6.07) is 0. The summed E-state index contributed by atoms with van der Waals surface area (Å²) in [5.41, 5.74) is 0.0265. The van der Waals surface area contributed by atoms with Gasteiger partial charge < -0.3 is 35.4 Å². The molecular weight excluding hydrogens is 324 g/mol. The highest BCUT2D eigenvalue weighted by atomic mass is 16.6. The summed E-state index contributed by atoms with van der Waals surface area (Å²) in [5.74, 6) is -0.960. The molecule has 1 fully saturated rings. The Morgan fingerprint density at radius 1 is 1.54 bits per heavy atom. The average Bonchev–Trinajstić information content (AvgIpc) is 3.03. The second-order valence-corrected chi connectivity index (χ2v) is 5.53. The second kappa shape index (κ2) is 6.36. The fraction of sp³-hybridized carbons (Fsp3) is 0.615. The highest BCUT2D eigenvalue weighted by Crippen LogP contribution is 2.35. The van der Waals surface area contributed by atoms with Crippen LogP contribution in [0, 0.1) is 0 Å². The van der Waals surface area contributed by atoms with Crippen LogP contribution < -0.4 is 10.6 Å². The van der Waals surface area contributed by atoms with Gasteiger partial charge in [0.05, 0.1) is 19.5 Å². The molecule has 5 atom stereocenters. The van der Waals surface area contributed by atoms with E-state index in [1.165, 1.54) is 17.8 Å². The normalized spacial score (nSPS) is 32.5. The molecule has 24 heavy (non-hydrogen) atoms. The van der Waals surface area contributed by atoms with Gasteiger partial charge in [-0.15, -0.1) is 0 Å². The van der Waals surface area contributed by atoms with E-state index in [-0.39, 0.29) is 18.1 Å². The summed E-state index contributed by atoms with van der Waals surface area (Å²) in [7, 11) is 0. The highest BCUT2D eigenvalue weighted by molar-refractivity contribution is 5.97. The molecule has 0 aromatic carbocycles. The van der Waals surface area contributed by atoms with Crippen LogP contribution >= 0.6 is 0 Å². The SMILES string of the molecule is CC(=O)O[C@@H]1[C@H](O)[C@@H](CO)O[C@H]1n1cnc2c1NCC(O)NC2=O. The Balaban J connectivity index is 1.96. The Kier molecular flexibility index (Phi) is 4.41. The zero-order chi connectivity index (χ0) is 17.4. The lowest BCUT2D eigenvalue weighted by Crippen LogP contribution is -2.37. The molecule has 2 aliphatic heterocycles. The quantitative estimate of drug-likeness (QED) is 0.376. The zero-order valence-electron chi connectivity index (χ0n) is 12.7. The number of nitrogens with one attached hydrogen (secondary N) is 2. The number of carbonyl (C=O) groups is 2. The topological polar surface area (TPSA) is 155 Å². The van der Waals surface area contributed by atoms with Gasteiger partial charge in [0, 0.05) is 6.92 Å². The first-order chi connectivity index (χ1) is 11.4. The minimum absolute atomic E-state index is 0.0265. The van der Waals surface area contributed by atoms with Gasteiger partial charge in [-0.1, -0.05) is 0 Å². The van der Waals surface area contributed by atoms with Crippen molar-refractivity contribution in [3.8, 4) is 0 Å². The van der Waals surface area contributed by atoms with Crippen LogP contribution in [-0.4, -0.2) is 74.4 Å². The predicted molar refractivity (Wildman–Crippen MR) is 76.7 cm³/mol. The monoisotopic (exact) mass is 342 g/mol. The standard InChI is InChI=1S/C13H18N4O7/c1-5(19)23-10-9(21)6(3-18)24-13(10)17-4-15-8-11(17)14-2-7(20)16-12(8)22/h4,6-7,9-10,13-14,18,20-21H,2-3H2,1H3,(H,16,22)/t6-,7?,9-,10-,13-/m1/s1. The lowest BCUT2D eigenvalue weighted by Gasteiger charge is -2.22. The number of fused-ring (bicyclic) bond motifs is 1. The molecule has 0 radical (unpaired) electrons. The number of rotatable bonds is 3. The number of hydrogen-bond acceptors (Lipinski definition) is 9. The maximum atomic E-state index is 12.0. The van der Waals surface area contributed by atoms with Crippen LogP contribution in [0.25, 0.3) is 0 Å². The number of ether oxygens (including phenoxy) is 2. The molecule has 0 saturated carbocycles. The number of aliphatic hydroxyl groups excluding tert-OH is 3. The maximum absolute atomic E-state index is 12.0. The Labute approximate surface area is 136 Å². The number of anilines is 1. The Morgan fingerprint density at radius 3 is 2.96 bits per heavy atom. The molecule has 1 aromatic heterocycles. The van der Waals surface area contributed by atoms with E-state index >= 15 is 0 Å². The molecule has 1 unspecified atom stereocenters. The number of carbonyl (C=O) groups excluding carboxylic acids is 2. The third-order valence-electron chi connectivity index (χ3n) is 3.84. The first-order valence-electron chi connectivity index (χ1n) is 7.33. The minimum Gasteiger partial charge on any atom is -0.455 e. The minimum atomic E-state index is -1.24. The molecule has 132 valence electrons. The van der Waals surface area contributed by atoms with Gasteiger partial charge in [0.1, 0.15) is 24.3 Å². The van der Waals surface area contributed by atoms with E-state index in [0.717, 1.165) is 0 Å². The van der Waals surface area contributed by atoms with Gasteiger partial charge in [-0.05, 0) is 0 Å². The number of esters is 1. The molecule has 1 saturated heterocycles. The third-order valence-corrected chi connectivity index (χ3v) is 3.84. The van der Waals surface area contributed by atoms with E-state index in [4.69, 9.17) is 9.47 Å². The number of imidazole rings is 1. The first-order valence-corrected chi connectivity index (χ1v) is 7.33. The molecule has 3 rings (SSSR count). The van der Waals surface area contributed by atoms with Crippen LogP contribution in [0.5, 0.6) is 0 Å². The van der Waals surface area contributed by atoms with Crippen molar-refractivity contribution in [3.05, 3.63) is 12.0 Å². The molecule has 2 aliphatic rings. The van der Waals surface area contributed by atoms with Crippen LogP contribution in [0.3, 0.4) is 0 Å². The van der Waals surface area contributed by atoms with E-state index in [2.05, 4.69) is 15.6 Å². The summed E-state index contributed by atoms with van der Waals surface area (Å²) in [5, 5.41) is 34.3. The number of nitrogens with zero attached hydrogens (tertiary/aromatic N) is 2. The van der Waals surface area contributed by atoms with Crippen LogP contribution in [0.1, 0.15) is 23.6 Å². The Bertz CT molecular complexity index is 648. The molecule has 3 heterocycles. The molecule has 11 nitrogen and oxygen atoms in total. The summed E-state index contributed by atoms with van der Waals surface area (Å²) in [6.07, 6.45) is -4.08. The van der Waals surface area contributed by atoms with Crippen molar-refractivity contribution in [1.82, 2.24) is 14.9 Å². The predicted octanol–water partition coefficient (Wildman–Crippen LogP) is -2.46. The van der Waals surface area contributed by atoms with Crippen molar-refractivity contribution in [3.63, 3.8) is 0 Å². The molecule has 0 spiro atoms. The number of amides is 1. The van der Waals surface area contributed by atoms with Crippen molar-refractivity contribution < 1.29 is 34.4 Å². The molecule has 0 aliphatic carbocycles. The van der Waals surface area contributed by atoms with Crippen molar-refractivity contribution in [2.75, 3.05) is 18.5 Å². The zero-order valence-corrected chi connectivity index (χ0v) is 12.7. The van der Waals surface area contributed by atoms with E-state index in [1.54, 1.807) is 0 Å². The summed E-state index contributed by atoms with van der Waals surface area (Å²) in [4.78, 5) is 27.3. The van der Waals surface area contributed by atoms with Gasteiger partial charge in [-0.3, -0.25) is 14.2 Å². The smallest absolute Gasteiger partial charge is 0.303 e. The van der Waals surface area contributed by atoms with Crippen molar-refractivity contribution in [1.29, 1.82) is 0 Å². The van der Waals surface area contributed by atoms with Gasteiger partial charge in [0.2, 0.25) is 0 Å². The van der Waals surface area contributed by atoms with Crippen molar-refractivity contribution >= 4 is 17.7 Å². The largest absolute Gasteiger partial charge is 0.455 e. The van der Waals surface area contributed by atoms with Gasteiger partial charge in [0.15, 0.2) is 18.0 Å². The van der Waals surface area contributed by atoms with Crippen LogP contribution in [0.2, 0.25) is 0 Å². The Morgan fingerprint density at radius 2 is 2.29 bits per heavy atom. The van der Waals surface area contributed by atoms with E-state index in [0.29, 0.717) is 0 Å². The molecule has 1 aromatic rings. The summed E-state index contributed by atoms with van der Waals surface area (Å²) in [6.45, 7) is 0.743. The first kappa shape index (κ1) is 16.6. The number of aromatic nitrogens is 2. The van der Waals surface area contributed by atoms with Gasteiger partial charge >= 0.3 is 5.97 Å². The van der Waals surface area contributed by atoms with Crippen molar-refractivity contribution in [2.24, 2.45) is 0 Å². The van der Waals surface area contributed by atoms with Crippen molar-refractivity contribution in [2.45, 2.75) is 37.7 Å². The highest BCUT2D eigenvalue weighted by Gasteiger charge is 2.47. The molecule has 1 amide bonds. The lowest BCUT2D eigenvalue weighted by atomic mass is 10.1. The van der Waals surface area contributed by atoms with Crippen LogP contribution in [-0.2, 0) is 14.3 Å². The third kappa shape index (κ3) is 2.82. The lowest BCUT2D eigenvalue weighted by molar-refractivity contribution is -0.155. The molecule has 5 N–H and O–H groups in total. The number of β-amino-alcohol motifs (C(OH)–C–C–N with tert-alkyl or cyclic N) is 1. The maximum Gasteiger partial charge on any atom is 0.303 e. The van der Waals surface area contributed by atoms with Crippen LogP contribution in [0.15, 0.2) is 6.33 Å². The fourth-order valence-corrected chi connectivity index (χ4v) is 2.77. The Hall–Kier alpha value is -2.21. The summed E-state index contributed by atoms with van der Waals surface area (Å²) >= 11 is 0. The molecular formula is C13H18N4O7. The fourth-order valence-electron chi connectivity index (χ4n) is 2.77. The van der Waals surface area contributed by atoms with Gasteiger partial charge in [-0.2, -0.15) is 0 Å². The average molecular weight is 342 g/mol. The number of hydrogen-bond donors (Lipinski definition) is 5. The summed E-state index contributed by atoms with van der Waals surface area (Å²) < 4.78 is 12.1. The van der Waals surface area contributed by atoms with E-state index in [1.807, 2.05) is 0 Å². The second-order valence-electron chi connectivity index (χ2n) is 5.53. The molecule has 11 heteroatoms. The van der Waals surface area contributed by atoms with Crippen LogP contribution in [0.4, 0.5) is 5.82 Å². The molecule has 0 bridgehead atoms. The van der Waals surface area contributed by atoms with Gasteiger partial charge in [-0.25, -0.2) is 4.98 Å².